The zero-order chi connectivity index (χ0) is 42.2. The Labute approximate surface area is 321 Å². The van der Waals surface area contributed by atoms with E-state index >= 15 is 0 Å². The topological polar surface area (TPSA) is 195 Å². The molecule has 54 heavy (non-hydrogen) atoms. The van der Waals surface area contributed by atoms with Crippen molar-refractivity contribution in [2.75, 3.05) is 13.7 Å². The summed E-state index contributed by atoms with van der Waals surface area (Å²) in [6.45, 7) is 8.86. The van der Waals surface area contributed by atoms with Gasteiger partial charge >= 0.3 is 6.09 Å². The molecule has 292 valence electrons. The van der Waals surface area contributed by atoms with E-state index in [4.69, 9.17) is 29.7 Å². The Morgan fingerprint density at radius 1 is 1.13 bits per heavy atom. The number of alkyl carbamates (subject to hydrolysis) is 1. The van der Waals surface area contributed by atoms with Crippen LogP contribution < -0.4 is 24.8 Å². The molecule has 3 heterocycles. The monoisotopic (exact) mass is 770 g/mol. The maximum Gasteiger partial charge on any atom is 0.408 e. The Hall–Kier alpha value is -4.47. The summed E-state index contributed by atoms with van der Waals surface area (Å²) in [5.41, 5.74) is -0.967. The molecular formula is C38H50N6O9S. The molecular weight excluding hydrogens is 717 g/mol. The number of carbonyl (C=O) groups is 4. The van der Waals surface area contributed by atoms with Gasteiger partial charge in [0.2, 0.25) is 27.7 Å². The maximum absolute atomic E-state index is 14.6. The van der Waals surface area contributed by atoms with Crippen molar-refractivity contribution in [1.29, 1.82) is 0 Å². The second kappa shape index (κ2) is 14.3. The van der Waals surface area contributed by atoms with Crippen molar-refractivity contribution in [2.45, 2.75) is 120 Å². The molecule has 2 bridgehead atoms. The number of nitrogens with zero attached hydrogens (tertiary/aromatic N) is 3. The van der Waals surface area contributed by atoms with Gasteiger partial charge in [-0.05, 0) is 68.3 Å². The summed E-state index contributed by atoms with van der Waals surface area (Å²) in [5, 5.41) is 3.26. The van der Waals surface area contributed by atoms with Crippen LogP contribution in [0, 0.1) is 17.3 Å². The minimum Gasteiger partial charge on any atom is -0.497 e. The van der Waals surface area contributed by atoms with E-state index in [1.807, 2.05) is 0 Å². The fraction of sp³-hybridized carbons (Fsp3) is 0.632. The first-order valence-electron chi connectivity index (χ1n) is 20.4. The zero-order valence-electron chi connectivity index (χ0n) is 34.8. The summed E-state index contributed by atoms with van der Waals surface area (Å²) in [4.78, 5) is 67.0. The first kappa shape index (κ1) is 32.9. The van der Waals surface area contributed by atoms with Gasteiger partial charge in [-0.3, -0.25) is 19.1 Å². The fourth-order valence-electron chi connectivity index (χ4n) is 7.42. The van der Waals surface area contributed by atoms with Gasteiger partial charge in [-0.2, -0.15) is 0 Å². The SMILES string of the molecule is [2H]C1([2H])C(S(=O)(=O)NC(=O)[C@@]2(NC(=O)[C@@H]3C[C@@H]4CN3C(=O)[C@H](C(C)(C)C)NC(=O)O[C@@H]3C[C@H]3CCCCCc3nc5ccc(OC)cc5nc3O4)C[C@H]2C=C)C1([2H])[2H]. The molecule has 0 radical (unpaired) electrons. The highest BCUT2D eigenvalue weighted by Gasteiger charge is 2.62. The minimum atomic E-state index is -4.87. The number of aromatic nitrogens is 2. The Kier molecular flexibility index (Phi) is 8.72. The molecule has 1 saturated heterocycles. The number of carbonyl (C=O) groups excluding carboxylic acids is 4. The van der Waals surface area contributed by atoms with Crippen molar-refractivity contribution >= 4 is 44.9 Å². The maximum atomic E-state index is 14.6. The van der Waals surface area contributed by atoms with E-state index in [9.17, 15) is 27.6 Å². The van der Waals surface area contributed by atoms with Gasteiger partial charge in [-0.1, -0.05) is 39.7 Å². The van der Waals surface area contributed by atoms with Crippen LogP contribution in [0.25, 0.3) is 11.0 Å². The van der Waals surface area contributed by atoms with Crippen LogP contribution >= 0.6 is 0 Å². The van der Waals surface area contributed by atoms with Crippen LogP contribution in [0.15, 0.2) is 30.9 Å². The van der Waals surface area contributed by atoms with Crippen molar-refractivity contribution in [2.24, 2.45) is 17.3 Å². The molecule has 7 rings (SSSR count). The van der Waals surface area contributed by atoms with E-state index in [-0.39, 0.29) is 37.3 Å². The third kappa shape index (κ3) is 7.85. The number of ether oxygens (including phenoxy) is 3. The number of nitrogens with one attached hydrogen (secondary N) is 3. The molecule has 1 aromatic carbocycles. The van der Waals surface area contributed by atoms with Gasteiger partial charge in [-0.15, -0.1) is 6.58 Å². The molecule has 15 nitrogen and oxygen atoms in total. The summed E-state index contributed by atoms with van der Waals surface area (Å²) >= 11 is 0. The molecule has 1 aromatic heterocycles. The number of aryl methyl sites for hydroxylation is 1. The molecule has 4 amide bonds. The van der Waals surface area contributed by atoms with Crippen LogP contribution in [0.2, 0.25) is 0 Å². The zero-order valence-corrected chi connectivity index (χ0v) is 31.7. The fourth-order valence-corrected chi connectivity index (χ4v) is 8.36. The molecule has 3 N–H and O–H groups in total. The summed E-state index contributed by atoms with van der Waals surface area (Å²) < 4.78 is 76.8. The highest BCUT2D eigenvalue weighted by atomic mass is 32.2. The van der Waals surface area contributed by atoms with E-state index in [1.54, 1.807) is 43.7 Å². The number of amides is 4. The summed E-state index contributed by atoms with van der Waals surface area (Å²) in [6, 6.07) is 2.87. The van der Waals surface area contributed by atoms with Gasteiger partial charge in [0, 0.05) is 23.9 Å². The van der Waals surface area contributed by atoms with E-state index in [1.165, 1.54) is 18.1 Å². The summed E-state index contributed by atoms with van der Waals surface area (Å²) in [6.07, 6.45) is -1.39. The lowest BCUT2D eigenvalue weighted by Crippen LogP contribution is -2.60. The first-order valence-corrected chi connectivity index (χ1v) is 20.0. The Bertz CT molecular complexity index is 2140. The van der Waals surface area contributed by atoms with E-state index in [0.717, 1.165) is 32.1 Å². The predicted molar refractivity (Wildman–Crippen MR) is 197 cm³/mol. The smallest absolute Gasteiger partial charge is 0.408 e. The second-order valence-electron chi connectivity index (χ2n) is 15.9. The number of methoxy groups -OCH3 is 1. The quantitative estimate of drug-likeness (QED) is 0.350. The highest BCUT2D eigenvalue weighted by molar-refractivity contribution is 7.91. The average Bonchev–Trinajstić information content (AvgIpc) is 4.06. The number of hydrogen-bond acceptors (Lipinski definition) is 11. The van der Waals surface area contributed by atoms with Gasteiger partial charge in [0.25, 0.3) is 5.91 Å². The molecule has 0 spiro atoms. The van der Waals surface area contributed by atoms with E-state index in [2.05, 4.69) is 17.2 Å². The molecule has 3 saturated carbocycles. The third-order valence-corrected chi connectivity index (χ3v) is 12.2. The van der Waals surface area contributed by atoms with Gasteiger partial charge in [-0.25, -0.2) is 23.2 Å². The van der Waals surface area contributed by atoms with Crippen LogP contribution in [0.5, 0.6) is 11.6 Å². The molecule has 0 unspecified atom stereocenters. The van der Waals surface area contributed by atoms with Crippen LogP contribution in [0.3, 0.4) is 0 Å². The lowest BCUT2D eigenvalue weighted by Gasteiger charge is -2.35. The normalized spacial score (nSPS) is 33.2. The van der Waals surface area contributed by atoms with Gasteiger partial charge < -0.3 is 29.7 Å². The van der Waals surface area contributed by atoms with Crippen molar-refractivity contribution in [3.8, 4) is 11.6 Å². The predicted octanol–water partition coefficient (Wildman–Crippen LogP) is 3.30. The lowest BCUT2D eigenvalue weighted by molar-refractivity contribution is -0.142. The van der Waals surface area contributed by atoms with Crippen LogP contribution in [-0.2, 0) is 35.6 Å². The third-order valence-electron chi connectivity index (χ3n) is 10.9. The second-order valence-corrected chi connectivity index (χ2v) is 17.7. The molecule has 7 atom stereocenters. The number of benzene rings is 1. The Balaban J connectivity index is 1.21. The van der Waals surface area contributed by atoms with Crippen LogP contribution in [0.1, 0.15) is 89.6 Å². The molecule has 4 fully saturated rings. The van der Waals surface area contributed by atoms with Crippen LogP contribution in [0.4, 0.5) is 4.79 Å². The molecule has 16 heteroatoms. The van der Waals surface area contributed by atoms with Gasteiger partial charge in [0.05, 0.1) is 29.9 Å². The Morgan fingerprint density at radius 3 is 2.59 bits per heavy atom. The van der Waals surface area contributed by atoms with Crippen LogP contribution in [-0.4, -0.2) is 95.8 Å². The molecule has 5 aliphatic rings. The Morgan fingerprint density at radius 2 is 1.91 bits per heavy atom. The molecule has 2 aliphatic heterocycles. The number of sulfonamides is 1. The minimum absolute atomic E-state index is 0.0612. The van der Waals surface area contributed by atoms with Gasteiger partial charge in [0.15, 0.2) is 0 Å². The average molecular weight is 771 g/mol. The van der Waals surface area contributed by atoms with Crippen molar-refractivity contribution in [3.63, 3.8) is 0 Å². The number of hydrogen-bond donors (Lipinski definition) is 3. The lowest BCUT2D eigenvalue weighted by atomic mass is 9.85. The number of fused-ring (bicyclic) bond motifs is 5. The standard InChI is InChI=1S/C38H50N6O9S/c1-6-22-19-38(22,35(47)43-54(49,50)25-13-14-25)42-32(45)29-18-24-20-44(29)34(46)31(37(2,3)4)41-36(48)53-30-16-21(30)10-8-7-9-11-27-33(52-24)40-28-17-23(51-5)12-15-26(28)39-27/h6,12,15,17,21-22,24-25,29-31H,1,7-11,13-14,16,18-20H2,2-5H3,(H,41,48)(H,42,45)(H,43,47)/t21-,22-,24-,29+,30-,31-,38-/m1/s1/i13D2,14D2. The highest BCUT2D eigenvalue weighted by Crippen LogP contribution is 2.46. The largest absolute Gasteiger partial charge is 0.497 e. The van der Waals surface area contributed by atoms with E-state index < -0.39 is 86.9 Å². The van der Waals surface area contributed by atoms with Crippen molar-refractivity contribution in [3.05, 3.63) is 36.5 Å². The summed E-state index contributed by atoms with van der Waals surface area (Å²) in [5.74, 6) is -2.36. The summed E-state index contributed by atoms with van der Waals surface area (Å²) in [7, 11) is -3.33. The van der Waals surface area contributed by atoms with Crippen molar-refractivity contribution < 1.29 is 47.3 Å². The first-order chi connectivity index (χ1) is 27.1. The van der Waals surface area contributed by atoms with Gasteiger partial charge in [0.1, 0.15) is 41.3 Å². The van der Waals surface area contributed by atoms with Crippen molar-refractivity contribution in [1.82, 2.24) is 30.2 Å². The number of rotatable bonds is 7. The molecule has 3 aliphatic carbocycles. The molecule has 2 aromatic rings. The van der Waals surface area contributed by atoms with E-state index in [0.29, 0.717) is 28.9 Å².